The summed E-state index contributed by atoms with van der Waals surface area (Å²) in [7, 11) is 0. The Hall–Kier alpha value is -1.46. The fourth-order valence-corrected chi connectivity index (χ4v) is 5.80. The molecule has 0 fully saturated rings. The van der Waals surface area contributed by atoms with Gasteiger partial charge in [0.25, 0.3) is 0 Å². The summed E-state index contributed by atoms with van der Waals surface area (Å²) in [5, 5.41) is 9.25. The standard InChI is InChI=1S/C40H76N2O3/c1-3-5-7-9-11-13-15-17-19-21-23-25-27-29-31-33-39(44)42(37-38(41)35-36-43)40(45)34-32-30-28-26-24-22-20-18-16-14-12-10-8-6-4-2/h17-20,38,43H,3-16,21-37,41H2,1-2H3/b19-17-,20-18-. The molecule has 0 spiro atoms. The Morgan fingerprint density at radius 2 is 0.844 bits per heavy atom. The van der Waals surface area contributed by atoms with Gasteiger partial charge in [-0.05, 0) is 70.6 Å². The Kier molecular flexibility index (Phi) is 34.2. The summed E-state index contributed by atoms with van der Waals surface area (Å²) in [5.41, 5.74) is 6.11. The van der Waals surface area contributed by atoms with Gasteiger partial charge in [-0.1, -0.05) is 141 Å². The van der Waals surface area contributed by atoms with E-state index in [0.29, 0.717) is 19.3 Å². The Balaban J connectivity index is 4.04. The van der Waals surface area contributed by atoms with Crippen LogP contribution in [0.5, 0.6) is 0 Å². The number of nitrogens with two attached hydrogens (primary N) is 1. The molecule has 0 aliphatic heterocycles. The van der Waals surface area contributed by atoms with E-state index in [2.05, 4.69) is 38.2 Å². The van der Waals surface area contributed by atoms with Crippen molar-refractivity contribution in [3.63, 3.8) is 0 Å². The molecule has 45 heavy (non-hydrogen) atoms. The SMILES string of the molecule is CCCCCCCC/C=C\CCCCCCCC(=O)N(CC(N)CCO)C(=O)CCCCCCC/C=C\CCCCCCCC. The number of hydrogen-bond donors (Lipinski definition) is 2. The van der Waals surface area contributed by atoms with E-state index in [1.165, 1.54) is 120 Å². The summed E-state index contributed by atoms with van der Waals surface area (Å²) in [6, 6.07) is -0.369. The molecule has 0 saturated heterocycles. The largest absolute Gasteiger partial charge is 0.396 e. The molecule has 0 heterocycles. The molecule has 264 valence electrons. The van der Waals surface area contributed by atoms with Gasteiger partial charge in [0.1, 0.15) is 0 Å². The molecule has 0 aliphatic carbocycles. The van der Waals surface area contributed by atoms with Gasteiger partial charge in [0, 0.05) is 32.0 Å². The lowest BCUT2D eigenvalue weighted by Gasteiger charge is -2.24. The first-order chi connectivity index (χ1) is 22.1. The smallest absolute Gasteiger partial charge is 0.229 e. The molecule has 0 bridgehead atoms. The molecular weight excluding hydrogens is 556 g/mol. The van der Waals surface area contributed by atoms with E-state index >= 15 is 0 Å². The summed E-state index contributed by atoms with van der Waals surface area (Å²) in [5.74, 6) is -0.197. The van der Waals surface area contributed by atoms with E-state index in [0.717, 1.165) is 51.4 Å². The van der Waals surface area contributed by atoms with Crippen LogP contribution in [0.25, 0.3) is 0 Å². The molecule has 3 N–H and O–H groups in total. The van der Waals surface area contributed by atoms with Crippen molar-refractivity contribution in [2.75, 3.05) is 13.2 Å². The van der Waals surface area contributed by atoms with E-state index in [4.69, 9.17) is 5.73 Å². The maximum atomic E-state index is 13.0. The zero-order valence-corrected chi connectivity index (χ0v) is 30.1. The Labute approximate surface area is 280 Å². The van der Waals surface area contributed by atoms with Crippen molar-refractivity contribution in [1.82, 2.24) is 4.90 Å². The zero-order chi connectivity index (χ0) is 33.1. The highest BCUT2D eigenvalue weighted by atomic mass is 16.3. The van der Waals surface area contributed by atoms with Crippen LogP contribution in [0.15, 0.2) is 24.3 Å². The molecule has 5 nitrogen and oxygen atoms in total. The molecule has 0 rings (SSSR count). The van der Waals surface area contributed by atoms with Gasteiger partial charge in [-0.3, -0.25) is 14.5 Å². The highest BCUT2D eigenvalue weighted by molar-refractivity contribution is 5.95. The van der Waals surface area contributed by atoms with Gasteiger partial charge in [0.05, 0.1) is 0 Å². The first kappa shape index (κ1) is 43.5. The molecule has 0 aromatic rings. The maximum absolute atomic E-state index is 13.0. The minimum Gasteiger partial charge on any atom is -0.396 e. The van der Waals surface area contributed by atoms with E-state index in [1.54, 1.807) is 0 Å². The molecule has 1 unspecified atom stereocenters. The summed E-state index contributed by atoms with van der Waals surface area (Å²) >= 11 is 0. The number of aliphatic hydroxyl groups excluding tert-OH is 1. The van der Waals surface area contributed by atoms with Gasteiger partial charge < -0.3 is 10.8 Å². The number of amides is 2. The predicted molar refractivity (Wildman–Crippen MR) is 195 cm³/mol. The van der Waals surface area contributed by atoms with Crippen LogP contribution in [-0.4, -0.2) is 41.0 Å². The van der Waals surface area contributed by atoms with Crippen LogP contribution in [0.2, 0.25) is 0 Å². The van der Waals surface area contributed by atoms with Crippen molar-refractivity contribution in [2.45, 2.75) is 206 Å². The van der Waals surface area contributed by atoms with Crippen molar-refractivity contribution in [1.29, 1.82) is 0 Å². The van der Waals surface area contributed by atoms with Crippen molar-refractivity contribution in [3.05, 3.63) is 24.3 Å². The molecule has 0 aliphatic rings. The quantitative estimate of drug-likeness (QED) is 0.0546. The Bertz CT molecular complexity index is 654. The number of allylic oxidation sites excluding steroid dienone is 4. The van der Waals surface area contributed by atoms with E-state index in [9.17, 15) is 14.7 Å². The summed E-state index contributed by atoms with van der Waals surface area (Å²) in [6.07, 6.45) is 42.3. The molecule has 5 heteroatoms. The van der Waals surface area contributed by atoms with E-state index in [-0.39, 0.29) is 31.0 Å². The van der Waals surface area contributed by atoms with Gasteiger partial charge in [-0.15, -0.1) is 0 Å². The lowest BCUT2D eigenvalue weighted by atomic mass is 10.1. The van der Waals surface area contributed by atoms with E-state index in [1.807, 2.05) is 0 Å². The molecular formula is C40H76N2O3. The average Bonchev–Trinajstić information content (AvgIpc) is 3.03. The third-order valence-corrected chi connectivity index (χ3v) is 8.82. The monoisotopic (exact) mass is 633 g/mol. The molecule has 0 aromatic heterocycles. The van der Waals surface area contributed by atoms with Crippen LogP contribution in [0, 0.1) is 0 Å². The van der Waals surface area contributed by atoms with Gasteiger partial charge in [0.2, 0.25) is 11.8 Å². The van der Waals surface area contributed by atoms with Gasteiger partial charge in [0.15, 0.2) is 0 Å². The highest BCUT2D eigenvalue weighted by Crippen LogP contribution is 2.14. The van der Waals surface area contributed by atoms with Crippen LogP contribution in [0.3, 0.4) is 0 Å². The van der Waals surface area contributed by atoms with Crippen LogP contribution in [0.4, 0.5) is 0 Å². The number of carbonyl (C=O) groups is 2. The summed E-state index contributed by atoms with van der Waals surface area (Å²) in [6.45, 7) is 4.71. The number of imide groups is 1. The summed E-state index contributed by atoms with van der Waals surface area (Å²) < 4.78 is 0. The molecule has 1 atom stereocenters. The fourth-order valence-electron chi connectivity index (χ4n) is 5.80. The topological polar surface area (TPSA) is 83.6 Å². The van der Waals surface area contributed by atoms with Crippen LogP contribution >= 0.6 is 0 Å². The second-order valence-corrected chi connectivity index (χ2v) is 13.3. The minimum atomic E-state index is -0.369. The highest BCUT2D eigenvalue weighted by Gasteiger charge is 2.22. The normalized spacial score (nSPS) is 12.4. The van der Waals surface area contributed by atoms with Crippen molar-refractivity contribution >= 4 is 11.8 Å². The van der Waals surface area contributed by atoms with Crippen molar-refractivity contribution < 1.29 is 14.7 Å². The molecule has 0 radical (unpaired) electrons. The first-order valence-corrected chi connectivity index (χ1v) is 19.6. The second-order valence-electron chi connectivity index (χ2n) is 13.3. The Morgan fingerprint density at radius 1 is 0.533 bits per heavy atom. The van der Waals surface area contributed by atoms with Crippen molar-refractivity contribution in [2.24, 2.45) is 5.73 Å². The molecule has 0 aromatic carbocycles. The average molecular weight is 633 g/mol. The summed E-state index contributed by atoms with van der Waals surface area (Å²) in [4.78, 5) is 27.4. The Morgan fingerprint density at radius 3 is 1.18 bits per heavy atom. The number of hydrogen-bond acceptors (Lipinski definition) is 4. The predicted octanol–water partition coefficient (Wildman–Crippen LogP) is 11.1. The van der Waals surface area contributed by atoms with Crippen molar-refractivity contribution in [3.8, 4) is 0 Å². The lowest BCUT2D eigenvalue weighted by molar-refractivity contribution is -0.145. The van der Waals surface area contributed by atoms with Gasteiger partial charge >= 0.3 is 0 Å². The minimum absolute atomic E-state index is 0.0279. The maximum Gasteiger partial charge on any atom is 0.229 e. The molecule has 0 saturated carbocycles. The number of nitrogens with zero attached hydrogens (tertiary/aromatic N) is 1. The number of aliphatic hydroxyl groups is 1. The van der Waals surface area contributed by atoms with Crippen LogP contribution in [-0.2, 0) is 9.59 Å². The fraction of sp³-hybridized carbons (Fsp3) is 0.850. The number of rotatable bonds is 34. The van der Waals surface area contributed by atoms with Crippen LogP contribution in [0.1, 0.15) is 200 Å². The second kappa shape index (κ2) is 35.4. The van der Waals surface area contributed by atoms with Gasteiger partial charge in [-0.2, -0.15) is 0 Å². The third-order valence-electron chi connectivity index (χ3n) is 8.82. The zero-order valence-electron chi connectivity index (χ0n) is 30.1. The van der Waals surface area contributed by atoms with E-state index < -0.39 is 0 Å². The number of unbranched alkanes of at least 4 members (excludes halogenated alkanes) is 22. The third kappa shape index (κ3) is 30.9. The lowest BCUT2D eigenvalue weighted by Crippen LogP contribution is -2.45. The first-order valence-electron chi connectivity index (χ1n) is 19.6. The number of carbonyl (C=O) groups excluding carboxylic acids is 2. The molecule has 2 amide bonds. The van der Waals surface area contributed by atoms with Crippen LogP contribution < -0.4 is 5.73 Å². The van der Waals surface area contributed by atoms with Gasteiger partial charge in [-0.25, -0.2) is 0 Å².